The van der Waals surface area contributed by atoms with E-state index in [2.05, 4.69) is 10.6 Å². The molecule has 1 rings (SSSR count). The summed E-state index contributed by atoms with van der Waals surface area (Å²) < 4.78 is 4.92. The van der Waals surface area contributed by atoms with Crippen LogP contribution in [0.3, 0.4) is 0 Å². The maximum atomic E-state index is 11.7. The van der Waals surface area contributed by atoms with Gasteiger partial charge in [0.25, 0.3) is 5.91 Å². The zero-order chi connectivity index (χ0) is 15.9. The molecule has 1 aromatic heterocycles. The first-order valence-electron chi connectivity index (χ1n) is 6.75. The third kappa shape index (κ3) is 4.94. The van der Waals surface area contributed by atoms with E-state index >= 15 is 0 Å². The molecule has 0 fully saturated rings. The van der Waals surface area contributed by atoms with Crippen molar-refractivity contribution in [1.82, 2.24) is 10.6 Å². The van der Waals surface area contributed by atoms with Gasteiger partial charge in [0.05, 0.1) is 6.26 Å². The van der Waals surface area contributed by atoms with E-state index in [4.69, 9.17) is 9.52 Å². The summed E-state index contributed by atoms with van der Waals surface area (Å²) in [5, 5.41) is 14.1. The summed E-state index contributed by atoms with van der Waals surface area (Å²) >= 11 is 0. The Bertz CT molecular complexity index is 497. The van der Waals surface area contributed by atoms with Crippen LogP contribution in [-0.2, 0) is 9.59 Å². The van der Waals surface area contributed by atoms with Crippen molar-refractivity contribution >= 4 is 17.8 Å². The number of hydrogen-bond acceptors (Lipinski definition) is 4. The molecule has 116 valence electrons. The predicted molar refractivity (Wildman–Crippen MR) is 74.7 cm³/mol. The molecule has 1 unspecified atom stereocenters. The standard InChI is InChI=1S/C14H20N2O5/c1-3-14(2,13(19)20)16-11(17)7-4-8-15-12(18)10-6-5-9-21-10/h5-6,9H,3-4,7-8H2,1-2H3,(H,15,18)(H,16,17)(H,19,20). The lowest BCUT2D eigenvalue weighted by Gasteiger charge is -2.24. The van der Waals surface area contributed by atoms with Crippen LogP contribution in [0.5, 0.6) is 0 Å². The Balaban J connectivity index is 2.28. The van der Waals surface area contributed by atoms with Crippen LogP contribution in [0.1, 0.15) is 43.7 Å². The molecule has 21 heavy (non-hydrogen) atoms. The molecule has 0 aliphatic heterocycles. The lowest BCUT2D eigenvalue weighted by atomic mass is 9.99. The number of nitrogens with one attached hydrogen (secondary N) is 2. The zero-order valence-corrected chi connectivity index (χ0v) is 12.1. The molecule has 1 heterocycles. The largest absolute Gasteiger partial charge is 0.480 e. The van der Waals surface area contributed by atoms with E-state index in [1.165, 1.54) is 13.2 Å². The Hall–Kier alpha value is -2.31. The highest BCUT2D eigenvalue weighted by atomic mass is 16.4. The number of carbonyl (C=O) groups excluding carboxylic acids is 2. The van der Waals surface area contributed by atoms with Gasteiger partial charge in [-0.1, -0.05) is 6.92 Å². The summed E-state index contributed by atoms with van der Waals surface area (Å²) in [5.74, 6) is -1.55. The molecule has 0 saturated heterocycles. The molecule has 2 amide bonds. The average molecular weight is 296 g/mol. The van der Waals surface area contributed by atoms with Crippen LogP contribution in [0.2, 0.25) is 0 Å². The van der Waals surface area contributed by atoms with E-state index in [1.54, 1.807) is 19.1 Å². The minimum atomic E-state index is -1.26. The van der Waals surface area contributed by atoms with Gasteiger partial charge in [0.2, 0.25) is 5.91 Å². The summed E-state index contributed by atoms with van der Waals surface area (Å²) in [7, 11) is 0. The molecule has 0 aromatic carbocycles. The van der Waals surface area contributed by atoms with Crippen LogP contribution in [0.15, 0.2) is 22.8 Å². The van der Waals surface area contributed by atoms with Crippen molar-refractivity contribution in [3.63, 3.8) is 0 Å². The van der Waals surface area contributed by atoms with Gasteiger partial charge in [0.1, 0.15) is 5.54 Å². The first-order chi connectivity index (χ1) is 9.89. The van der Waals surface area contributed by atoms with Crippen LogP contribution in [0, 0.1) is 0 Å². The number of hydrogen-bond donors (Lipinski definition) is 3. The lowest BCUT2D eigenvalue weighted by Crippen LogP contribution is -2.51. The molecular formula is C14H20N2O5. The number of carboxylic acids is 1. The third-order valence-corrected chi connectivity index (χ3v) is 3.21. The van der Waals surface area contributed by atoms with E-state index in [-0.39, 0.29) is 24.0 Å². The van der Waals surface area contributed by atoms with E-state index in [0.717, 1.165) is 0 Å². The molecule has 1 atom stereocenters. The first-order valence-corrected chi connectivity index (χ1v) is 6.75. The zero-order valence-electron chi connectivity index (χ0n) is 12.1. The minimum absolute atomic E-state index is 0.140. The van der Waals surface area contributed by atoms with Gasteiger partial charge in [-0.15, -0.1) is 0 Å². The molecule has 0 spiro atoms. The van der Waals surface area contributed by atoms with Crippen molar-refractivity contribution in [3.8, 4) is 0 Å². The maximum Gasteiger partial charge on any atom is 0.329 e. The second kappa shape index (κ2) is 7.47. The smallest absolute Gasteiger partial charge is 0.329 e. The fourth-order valence-corrected chi connectivity index (χ4v) is 1.61. The molecular weight excluding hydrogens is 276 g/mol. The molecule has 7 nitrogen and oxygen atoms in total. The van der Waals surface area contributed by atoms with E-state index in [1.807, 2.05) is 0 Å². The molecule has 0 saturated carbocycles. The highest BCUT2D eigenvalue weighted by molar-refractivity contribution is 5.91. The number of amides is 2. The monoisotopic (exact) mass is 296 g/mol. The van der Waals surface area contributed by atoms with E-state index in [9.17, 15) is 14.4 Å². The van der Waals surface area contributed by atoms with Gasteiger partial charge >= 0.3 is 5.97 Å². The summed E-state index contributed by atoms with van der Waals surface area (Å²) in [4.78, 5) is 34.3. The maximum absolute atomic E-state index is 11.7. The van der Waals surface area contributed by atoms with Gasteiger partial charge in [-0.05, 0) is 31.9 Å². The van der Waals surface area contributed by atoms with Crippen molar-refractivity contribution in [3.05, 3.63) is 24.2 Å². The molecule has 0 bridgehead atoms. The fraction of sp³-hybridized carbons (Fsp3) is 0.500. The van der Waals surface area contributed by atoms with Crippen LogP contribution in [0.25, 0.3) is 0 Å². The van der Waals surface area contributed by atoms with Gasteiger partial charge in [-0.3, -0.25) is 9.59 Å². The number of carboxylic acid groups (broad SMARTS) is 1. The number of furan rings is 1. The third-order valence-electron chi connectivity index (χ3n) is 3.21. The Morgan fingerprint density at radius 3 is 2.62 bits per heavy atom. The second-order valence-electron chi connectivity index (χ2n) is 4.88. The van der Waals surface area contributed by atoms with Crippen LogP contribution >= 0.6 is 0 Å². The molecule has 0 radical (unpaired) electrons. The molecule has 7 heteroatoms. The first kappa shape index (κ1) is 16.7. The van der Waals surface area contributed by atoms with Crippen LogP contribution in [-0.4, -0.2) is 35.0 Å². The molecule has 0 aliphatic carbocycles. The van der Waals surface area contributed by atoms with Gasteiger partial charge in [-0.25, -0.2) is 4.79 Å². The van der Waals surface area contributed by atoms with E-state index < -0.39 is 11.5 Å². The van der Waals surface area contributed by atoms with Gasteiger partial charge in [0.15, 0.2) is 5.76 Å². The van der Waals surface area contributed by atoms with Crippen molar-refractivity contribution in [1.29, 1.82) is 0 Å². The normalized spacial score (nSPS) is 13.2. The highest BCUT2D eigenvalue weighted by Crippen LogP contribution is 2.09. The highest BCUT2D eigenvalue weighted by Gasteiger charge is 2.32. The molecule has 0 aliphatic rings. The molecule has 3 N–H and O–H groups in total. The van der Waals surface area contributed by atoms with Crippen molar-refractivity contribution in [2.75, 3.05) is 6.54 Å². The van der Waals surface area contributed by atoms with Gasteiger partial charge in [0, 0.05) is 13.0 Å². The quantitative estimate of drug-likeness (QED) is 0.624. The Morgan fingerprint density at radius 1 is 1.38 bits per heavy atom. The van der Waals surface area contributed by atoms with Crippen molar-refractivity contribution < 1.29 is 23.9 Å². The predicted octanol–water partition coefficient (Wildman–Crippen LogP) is 1.16. The summed E-state index contributed by atoms with van der Waals surface area (Å²) in [6.45, 7) is 3.47. The van der Waals surface area contributed by atoms with Crippen molar-refractivity contribution in [2.45, 2.75) is 38.6 Å². The number of rotatable bonds is 8. The van der Waals surface area contributed by atoms with Crippen LogP contribution in [0.4, 0.5) is 0 Å². The topological polar surface area (TPSA) is 109 Å². The number of carbonyl (C=O) groups is 3. The minimum Gasteiger partial charge on any atom is -0.480 e. The average Bonchev–Trinajstić information content (AvgIpc) is 2.97. The van der Waals surface area contributed by atoms with Crippen LogP contribution < -0.4 is 10.6 Å². The molecule has 1 aromatic rings. The fourth-order valence-electron chi connectivity index (χ4n) is 1.61. The summed E-state index contributed by atoms with van der Waals surface area (Å²) in [5.41, 5.74) is -1.26. The lowest BCUT2D eigenvalue weighted by molar-refractivity contribution is -0.147. The Labute approximate surface area is 122 Å². The van der Waals surface area contributed by atoms with Gasteiger partial charge < -0.3 is 20.2 Å². The van der Waals surface area contributed by atoms with E-state index in [0.29, 0.717) is 19.4 Å². The Morgan fingerprint density at radius 2 is 2.10 bits per heavy atom. The number of aliphatic carboxylic acids is 1. The SMILES string of the molecule is CCC(C)(NC(=O)CCCNC(=O)c1ccco1)C(=O)O. The van der Waals surface area contributed by atoms with Gasteiger partial charge in [-0.2, -0.15) is 0 Å². The Kier molecular flexibility index (Phi) is 5.95. The summed E-state index contributed by atoms with van der Waals surface area (Å²) in [6.07, 6.45) is 2.25. The second-order valence-corrected chi connectivity index (χ2v) is 4.88. The van der Waals surface area contributed by atoms with Crippen molar-refractivity contribution in [2.24, 2.45) is 0 Å². The summed E-state index contributed by atoms with van der Waals surface area (Å²) in [6, 6.07) is 3.15.